The van der Waals surface area contributed by atoms with Crippen molar-refractivity contribution in [3.63, 3.8) is 0 Å². The number of aryl methyl sites for hydroxylation is 1. The number of hydrogen-bond donors (Lipinski definition) is 1. The number of thioether (sulfide) groups is 2. The molecule has 4 rings (SSSR count). The summed E-state index contributed by atoms with van der Waals surface area (Å²) in [6.07, 6.45) is 4.93. The number of aromatic nitrogens is 4. The summed E-state index contributed by atoms with van der Waals surface area (Å²) in [7, 11) is 2.03. The minimum atomic E-state index is 0. The van der Waals surface area contributed by atoms with E-state index < -0.39 is 0 Å². The zero-order chi connectivity index (χ0) is 19.2. The molecule has 8 heteroatoms. The van der Waals surface area contributed by atoms with Gasteiger partial charge >= 0.3 is 0 Å². The second-order valence-electron chi connectivity index (χ2n) is 6.37. The van der Waals surface area contributed by atoms with Gasteiger partial charge in [0.2, 0.25) is 0 Å². The average Bonchev–Trinajstić information content (AvgIpc) is 3.35. The molecule has 0 unspecified atom stereocenters. The summed E-state index contributed by atoms with van der Waals surface area (Å²) in [5.41, 5.74) is 4.38. The molecule has 2 aromatic carbocycles. The number of halogens is 2. The topological polar surface area (TPSA) is 46.5 Å². The Balaban J connectivity index is 0.00000160. The molecular weight excluding hydrogens is 455 g/mol. The van der Waals surface area contributed by atoms with Gasteiger partial charge in [0, 0.05) is 42.1 Å². The van der Waals surface area contributed by atoms with Gasteiger partial charge in [0.15, 0.2) is 10.3 Å². The molecule has 158 valence electrons. The third kappa shape index (κ3) is 6.08. The number of nitrogens with one attached hydrogen (secondary N) is 1. The highest BCUT2D eigenvalue weighted by atomic mass is 35.5. The van der Waals surface area contributed by atoms with E-state index in [4.69, 9.17) is 4.98 Å². The standard InChI is InChI=1S/C22H22N4S2.2ClH/c1-26-14-13-23-22(26)28-16-8-15-27-21-24-19(17-9-4-2-5-10-17)20(25-21)18-11-6-3-7-12-18;;/h2-7,9-14H,8,15-16H2,1H3,(H,24,25);2*1H. The first-order valence-electron chi connectivity index (χ1n) is 9.25. The minimum absolute atomic E-state index is 0. The Morgan fingerprint density at radius 1 is 0.867 bits per heavy atom. The van der Waals surface area contributed by atoms with Crippen LogP contribution in [0.3, 0.4) is 0 Å². The normalized spacial score (nSPS) is 10.3. The van der Waals surface area contributed by atoms with Crippen LogP contribution in [0.1, 0.15) is 6.42 Å². The minimum Gasteiger partial charge on any atom is -0.332 e. The predicted octanol–water partition coefficient (Wildman–Crippen LogP) is 6.60. The van der Waals surface area contributed by atoms with E-state index in [1.54, 1.807) is 23.5 Å². The Kier molecular flexibility index (Phi) is 9.85. The van der Waals surface area contributed by atoms with Gasteiger partial charge in [-0.1, -0.05) is 84.2 Å². The molecule has 0 fully saturated rings. The van der Waals surface area contributed by atoms with Crippen molar-refractivity contribution < 1.29 is 0 Å². The van der Waals surface area contributed by atoms with Crippen LogP contribution in [-0.4, -0.2) is 31.0 Å². The molecule has 0 amide bonds. The second kappa shape index (κ2) is 12.1. The van der Waals surface area contributed by atoms with Crippen molar-refractivity contribution in [1.29, 1.82) is 0 Å². The molecule has 0 aliphatic heterocycles. The van der Waals surface area contributed by atoms with Gasteiger partial charge < -0.3 is 9.55 Å². The summed E-state index contributed by atoms with van der Waals surface area (Å²) in [5, 5.41) is 2.04. The van der Waals surface area contributed by atoms with Crippen LogP contribution >= 0.6 is 48.3 Å². The number of aromatic amines is 1. The van der Waals surface area contributed by atoms with E-state index in [1.807, 2.05) is 31.6 Å². The van der Waals surface area contributed by atoms with Gasteiger partial charge in [0.1, 0.15) is 0 Å². The maximum atomic E-state index is 4.90. The second-order valence-corrected chi connectivity index (χ2v) is 8.51. The van der Waals surface area contributed by atoms with Crippen molar-refractivity contribution in [2.24, 2.45) is 7.05 Å². The maximum Gasteiger partial charge on any atom is 0.167 e. The van der Waals surface area contributed by atoms with E-state index in [0.29, 0.717) is 0 Å². The highest BCUT2D eigenvalue weighted by Gasteiger charge is 2.14. The van der Waals surface area contributed by atoms with Crippen LogP contribution in [0.2, 0.25) is 0 Å². The van der Waals surface area contributed by atoms with E-state index in [2.05, 4.69) is 63.1 Å². The predicted molar refractivity (Wildman–Crippen MR) is 133 cm³/mol. The van der Waals surface area contributed by atoms with E-state index >= 15 is 0 Å². The molecule has 0 aliphatic carbocycles. The van der Waals surface area contributed by atoms with Gasteiger partial charge in [-0.3, -0.25) is 0 Å². The quantitative estimate of drug-likeness (QED) is 0.229. The zero-order valence-electron chi connectivity index (χ0n) is 16.5. The maximum absolute atomic E-state index is 4.90. The highest BCUT2D eigenvalue weighted by Crippen LogP contribution is 2.32. The fourth-order valence-corrected chi connectivity index (χ4v) is 4.79. The zero-order valence-corrected chi connectivity index (χ0v) is 19.8. The molecule has 0 saturated heterocycles. The first-order chi connectivity index (χ1) is 13.8. The molecule has 30 heavy (non-hydrogen) atoms. The third-order valence-corrected chi connectivity index (χ3v) is 6.43. The Labute approximate surface area is 198 Å². The van der Waals surface area contributed by atoms with Gasteiger partial charge in [-0.05, 0) is 6.42 Å². The van der Waals surface area contributed by atoms with Crippen LogP contribution in [0.25, 0.3) is 22.5 Å². The molecule has 0 bridgehead atoms. The molecule has 1 N–H and O–H groups in total. The summed E-state index contributed by atoms with van der Waals surface area (Å²) >= 11 is 3.58. The lowest BCUT2D eigenvalue weighted by Crippen LogP contribution is -1.91. The first-order valence-corrected chi connectivity index (χ1v) is 11.2. The molecule has 2 aromatic heterocycles. The number of H-pyrrole nitrogens is 1. The van der Waals surface area contributed by atoms with Crippen LogP contribution in [0.5, 0.6) is 0 Å². The van der Waals surface area contributed by atoms with Crippen LogP contribution in [0, 0.1) is 0 Å². The number of nitrogens with zero attached hydrogens (tertiary/aromatic N) is 3. The largest absolute Gasteiger partial charge is 0.332 e. The van der Waals surface area contributed by atoms with Gasteiger partial charge in [0.25, 0.3) is 0 Å². The molecule has 0 saturated carbocycles. The van der Waals surface area contributed by atoms with Crippen LogP contribution in [0.15, 0.2) is 83.4 Å². The fraction of sp³-hybridized carbons (Fsp3) is 0.182. The molecule has 0 aliphatic rings. The van der Waals surface area contributed by atoms with Gasteiger partial charge in [-0.2, -0.15) is 0 Å². The summed E-state index contributed by atoms with van der Waals surface area (Å²) < 4.78 is 2.06. The fourth-order valence-electron chi connectivity index (χ4n) is 2.92. The lowest BCUT2D eigenvalue weighted by molar-refractivity contribution is 0.789. The van der Waals surface area contributed by atoms with Crippen LogP contribution in [0.4, 0.5) is 0 Å². The van der Waals surface area contributed by atoms with Crippen molar-refractivity contribution in [2.75, 3.05) is 11.5 Å². The van der Waals surface area contributed by atoms with E-state index in [9.17, 15) is 0 Å². The lowest BCUT2D eigenvalue weighted by Gasteiger charge is -2.02. The molecule has 4 aromatic rings. The SMILES string of the molecule is Cl.Cl.Cn1ccnc1SCCCSc1nc(-c2ccccc2)c(-c2ccccc2)[nH]1. The number of rotatable bonds is 8. The van der Waals surface area contributed by atoms with Crippen molar-refractivity contribution in [2.45, 2.75) is 16.7 Å². The molecular formula is C22H24Cl2N4S2. The van der Waals surface area contributed by atoms with E-state index in [0.717, 1.165) is 50.8 Å². The van der Waals surface area contributed by atoms with Gasteiger partial charge in [0.05, 0.1) is 11.4 Å². The van der Waals surface area contributed by atoms with Gasteiger partial charge in [-0.15, -0.1) is 24.8 Å². The van der Waals surface area contributed by atoms with Gasteiger partial charge in [-0.25, -0.2) is 9.97 Å². The number of hydrogen-bond acceptors (Lipinski definition) is 4. The molecule has 0 spiro atoms. The van der Waals surface area contributed by atoms with Crippen molar-refractivity contribution in [3.05, 3.63) is 73.1 Å². The van der Waals surface area contributed by atoms with Crippen molar-refractivity contribution in [3.8, 4) is 22.5 Å². The van der Waals surface area contributed by atoms with Crippen LogP contribution in [-0.2, 0) is 7.05 Å². The van der Waals surface area contributed by atoms with Crippen LogP contribution < -0.4 is 0 Å². The Morgan fingerprint density at radius 2 is 1.50 bits per heavy atom. The highest BCUT2D eigenvalue weighted by molar-refractivity contribution is 8.00. The first kappa shape index (κ1) is 24.4. The molecule has 4 nitrogen and oxygen atoms in total. The third-order valence-electron chi connectivity index (χ3n) is 4.33. The summed E-state index contributed by atoms with van der Waals surface area (Å²) in [6, 6.07) is 20.8. The summed E-state index contributed by atoms with van der Waals surface area (Å²) in [6.45, 7) is 0. The smallest absolute Gasteiger partial charge is 0.167 e. The number of imidazole rings is 2. The molecule has 2 heterocycles. The Bertz CT molecular complexity index is 963. The lowest BCUT2D eigenvalue weighted by atomic mass is 10.1. The monoisotopic (exact) mass is 478 g/mol. The van der Waals surface area contributed by atoms with E-state index in [-0.39, 0.29) is 24.8 Å². The Morgan fingerprint density at radius 3 is 2.13 bits per heavy atom. The number of benzene rings is 2. The summed E-state index contributed by atoms with van der Waals surface area (Å²) in [4.78, 5) is 12.8. The average molecular weight is 480 g/mol. The van der Waals surface area contributed by atoms with Crippen molar-refractivity contribution in [1.82, 2.24) is 19.5 Å². The molecule has 0 radical (unpaired) electrons. The summed E-state index contributed by atoms with van der Waals surface area (Å²) in [5.74, 6) is 2.07. The Hall–Kier alpha value is -1.86. The van der Waals surface area contributed by atoms with Crippen molar-refractivity contribution >= 4 is 48.3 Å². The molecule has 0 atom stereocenters. The van der Waals surface area contributed by atoms with E-state index in [1.165, 1.54) is 0 Å².